The Bertz CT molecular complexity index is 989. The van der Waals surface area contributed by atoms with Gasteiger partial charge in [-0.3, -0.25) is 9.59 Å². The first-order chi connectivity index (χ1) is 14.5. The summed E-state index contributed by atoms with van der Waals surface area (Å²) >= 11 is 0. The topological polar surface area (TPSA) is 113 Å². The summed E-state index contributed by atoms with van der Waals surface area (Å²) in [5.41, 5.74) is 2.57. The molecule has 1 aliphatic heterocycles. The molecule has 9 heteroatoms. The molecule has 0 aliphatic carbocycles. The number of Topliss-reactive ketones (excluding diaryl/α,β-unsaturated/α-hetero) is 1. The van der Waals surface area contributed by atoms with Gasteiger partial charge >= 0.3 is 0 Å². The summed E-state index contributed by atoms with van der Waals surface area (Å²) in [4.78, 5) is 24.7. The van der Waals surface area contributed by atoms with Crippen molar-refractivity contribution >= 4 is 34.4 Å². The standard InChI is InChI=1S/C21H23N5O4/c1-13(27)20(26-25-17-6-4-5-7-19(17)30-11-10-29-3)21(28)24-15-8-9-16-18(12-15)23-14(2)22-16/h4-9,12,20,22-23H,2,10-11H2,1,3H3,(H,24,28). The highest BCUT2D eigenvalue weighted by atomic mass is 16.5. The number of azo groups is 1. The number of ketones is 1. The number of hydrogen-bond donors (Lipinski definition) is 3. The van der Waals surface area contributed by atoms with Gasteiger partial charge in [0.05, 0.1) is 18.0 Å². The molecule has 0 radical (unpaired) electrons. The molecule has 1 unspecified atom stereocenters. The number of hydrogen-bond acceptors (Lipinski definition) is 8. The Hall–Kier alpha value is -3.72. The van der Waals surface area contributed by atoms with E-state index < -0.39 is 17.7 Å². The Morgan fingerprint density at radius 3 is 2.67 bits per heavy atom. The molecule has 0 bridgehead atoms. The zero-order valence-corrected chi connectivity index (χ0v) is 16.8. The normalized spacial score (nSPS) is 13.3. The van der Waals surface area contributed by atoms with Gasteiger partial charge in [0, 0.05) is 12.8 Å². The van der Waals surface area contributed by atoms with E-state index in [4.69, 9.17) is 9.47 Å². The van der Waals surface area contributed by atoms with Crippen molar-refractivity contribution in [2.24, 2.45) is 10.2 Å². The minimum absolute atomic E-state index is 0.341. The molecule has 0 saturated carbocycles. The summed E-state index contributed by atoms with van der Waals surface area (Å²) < 4.78 is 10.6. The van der Waals surface area contributed by atoms with Crippen LogP contribution in [0.2, 0.25) is 0 Å². The van der Waals surface area contributed by atoms with Crippen LogP contribution in [0.15, 0.2) is 65.1 Å². The highest BCUT2D eigenvalue weighted by molar-refractivity contribution is 6.10. The molecule has 2 aromatic carbocycles. The van der Waals surface area contributed by atoms with E-state index in [0.717, 1.165) is 11.4 Å². The lowest BCUT2D eigenvalue weighted by Gasteiger charge is -2.11. The Morgan fingerprint density at radius 1 is 1.13 bits per heavy atom. The maximum Gasteiger partial charge on any atom is 0.258 e. The van der Waals surface area contributed by atoms with Crippen LogP contribution < -0.4 is 20.7 Å². The maximum absolute atomic E-state index is 12.6. The van der Waals surface area contributed by atoms with E-state index in [2.05, 4.69) is 32.8 Å². The molecule has 156 valence electrons. The summed E-state index contributed by atoms with van der Waals surface area (Å²) in [6.07, 6.45) is 0. The van der Waals surface area contributed by atoms with Crippen molar-refractivity contribution in [3.63, 3.8) is 0 Å². The Balaban J connectivity index is 1.72. The van der Waals surface area contributed by atoms with Crippen LogP contribution >= 0.6 is 0 Å². The maximum atomic E-state index is 12.6. The van der Waals surface area contributed by atoms with Crippen LogP contribution in [0.4, 0.5) is 22.7 Å². The summed E-state index contributed by atoms with van der Waals surface area (Å²) in [7, 11) is 1.58. The number of methoxy groups -OCH3 is 1. The lowest BCUT2D eigenvalue weighted by atomic mass is 10.2. The van der Waals surface area contributed by atoms with Crippen LogP contribution in [0.1, 0.15) is 6.92 Å². The molecule has 30 heavy (non-hydrogen) atoms. The van der Waals surface area contributed by atoms with Gasteiger partial charge in [-0.05, 0) is 37.3 Å². The summed E-state index contributed by atoms with van der Waals surface area (Å²) in [6.45, 7) is 5.85. The molecule has 0 fully saturated rings. The molecule has 1 aliphatic rings. The summed E-state index contributed by atoms with van der Waals surface area (Å²) in [6, 6.07) is 10.9. The first-order valence-electron chi connectivity index (χ1n) is 9.28. The number of nitrogens with one attached hydrogen (secondary N) is 3. The van der Waals surface area contributed by atoms with Crippen LogP contribution in [0.5, 0.6) is 5.75 Å². The molecule has 1 heterocycles. The highest BCUT2D eigenvalue weighted by Crippen LogP contribution is 2.32. The average molecular weight is 409 g/mol. The van der Waals surface area contributed by atoms with Crippen molar-refractivity contribution in [1.82, 2.24) is 0 Å². The fourth-order valence-electron chi connectivity index (χ4n) is 2.74. The van der Waals surface area contributed by atoms with E-state index in [1.807, 2.05) is 0 Å². The molecule has 0 saturated heterocycles. The zero-order chi connectivity index (χ0) is 21.5. The molecule has 0 aromatic heterocycles. The molecular weight excluding hydrogens is 386 g/mol. The number of anilines is 3. The average Bonchev–Trinajstić information content (AvgIpc) is 3.08. The molecule has 1 atom stereocenters. The second-order valence-electron chi connectivity index (χ2n) is 6.52. The van der Waals surface area contributed by atoms with Gasteiger partial charge in [0.15, 0.2) is 5.78 Å². The van der Waals surface area contributed by atoms with Crippen molar-refractivity contribution < 1.29 is 19.1 Å². The van der Waals surface area contributed by atoms with Crippen molar-refractivity contribution in [2.45, 2.75) is 13.0 Å². The second-order valence-corrected chi connectivity index (χ2v) is 6.52. The molecule has 3 N–H and O–H groups in total. The largest absolute Gasteiger partial charge is 0.489 e. The van der Waals surface area contributed by atoms with Gasteiger partial charge in [-0.15, -0.1) is 0 Å². The molecular formula is C21H23N5O4. The smallest absolute Gasteiger partial charge is 0.258 e. The molecule has 2 aromatic rings. The molecule has 1 amide bonds. The lowest BCUT2D eigenvalue weighted by Crippen LogP contribution is -2.31. The first-order valence-corrected chi connectivity index (χ1v) is 9.28. The third-order valence-electron chi connectivity index (χ3n) is 4.18. The van der Waals surface area contributed by atoms with E-state index in [0.29, 0.717) is 36.2 Å². The third-order valence-corrected chi connectivity index (χ3v) is 4.18. The van der Waals surface area contributed by atoms with Gasteiger partial charge < -0.3 is 25.4 Å². The third kappa shape index (κ3) is 5.21. The minimum atomic E-state index is -1.29. The molecule has 3 rings (SSSR count). The second kappa shape index (κ2) is 9.66. The van der Waals surface area contributed by atoms with Crippen LogP contribution in [-0.2, 0) is 14.3 Å². The number of para-hydroxylation sites is 1. The van der Waals surface area contributed by atoms with Gasteiger partial charge in [-0.1, -0.05) is 18.7 Å². The number of fused-ring (bicyclic) bond motifs is 1. The van der Waals surface area contributed by atoms with E-state index in [-0.39, 0.29) is 0 Å². The first kappa shape index (κ1) is 21.0. The van der Waals surface area contributed by atoms with E-state index >= 15 is 0 Å². The SMILES string of the molecule is C=C1Nc2ccc(NC(=O)C(N=Nc3ccccc3OCCOC)C(C)=O)cc2N1. The van der Waals surface area contributed by atoms with Crippen LogP contribution in [-0.4, -0.2) is 38.1 Å². The number of rotatable bonds is 9. The van der Waals surface area contributed by atoms with Crippen molar-refractivity contribution in [1.29, 1.82) is 0 Å². The number of carbonyl (C=O) groups is 2. The van der Waals surface area contributed by atoms with E-state index in [1.54, 1.807) is 49.6 Å². The van der Waals surface area contributed by atoms with E-state index in [9.17, 15) is 9.59 Å². The lowest BCUT2D eigenvalue weighted by molar-refractivity contribution is -0.126. The number of amides is 1. The summed E-state index contributed by atoms with van der Waals surface area (Å²) in [5.74, 6) is 0.130. The van der Waals surface area contributed by atoms with Crippen molar-refractivity contribution in [2.75, 3.05) is 36.3 Å². The van der Waals surface area contributed by atoms with Crippen LogP contribution in [0, 0.1) is 0 Å². The Labute approximate surface area is 174 Å². The fourth-order valence-corrected chi connectivity index (χ4v) is 2.74. The molecule has 0 spiro atoms. The minimum Gasteiger partial charge on any atom is -0.489 e. The van der Waals surface area contributed by atoms with Crippen LogP contribution in [0.25, 0.3) is 0 Å². The monoisotopic (exact) mass is 409 g/mol. The van der Waals surface area contributed by atoms with Crippen LogP contribution in [0.3, 0.4) is 0 Å². The van der Waals surface area contributed by atoms with Gasteiger partial charge in [-0.25, -0.2) is 0 Å². The zero-order valence-electron chi connectivity index (χ0n) is 16.8. The van der Waals surface area contributed by atoms with Crippen molar-refractivity contribution in [3.05, 3.63) is 54.9 Å². The Kier molecular flexibility index (Phi) is 6.76. The fraction of sp³-hybridized carbons (Fsp3) is 0.238. The Morgan fingerprint density at radius 2 is 1.90 bits per heavy atom. The highest BCUT2D eigenvalue weighted by Gasteiger charge is 2.24. The summed E-state index contributed by atoms with van der Waals surface area (Å²) in [5, 5.41) is 16.9. The van der Waals surface area contributed by atoms with Gasteiger partial charge in [0.1, 0.15) is 23.9 Å². The van der Waals surface area contributed by atoms with Gasteiger partial charge in [0.2, 0.25) is 6.04 Å². The predicted molar refractivity (Wildman–Crippen MR) is 114 cm³/mol. The quantitative estimate of drug-likeness (QED) is 0.331. The number of ether oxygens (including phenoxy) is 2. The number of nitrogens with zero attached hydrogens (tertiary/aromatic N) is 2. The predicted octanol–water partition coefficient (Wildman–Crippen LogP) is 3.70. The molecule has 9 nitrogen and oxygen atoms in total. The van der Waals surface area contributed by atoms with E-state index in [1.165, 1.54) is 6.92 Å². The van der Waals surface area contributed by atoms with Gasteiger partial charge in [0.25, 0.3) is 5.91 Å². The van der Waals surface area contributed by atoms with Gasteiger partial charge in [-0.2, -0.15) is 10.2 Å². The van der Waals surface area contributed by atoms with Crippen molar-refractivity contribution in [3.8, 4) is 5.75 Å². The number of benzene rings is 2. The number of carbonyl (C=O) groups excluding carboxylic acids is 2.